The van der Waals surface area contributed by atoms with E-state index in [1.807, 2.05) is 48.5 Å². The summed E-state index contributed by atoms with van der Waals surface area (Å²) in [6, 6.07) is 21.6. The van der Waals surface area contributed by atoms with Crippen LogP contribution < -0.4 is 10.6 Å². The standard InChI is InChI=1S/C34H42N6O2S/c1-24(34(2,3)4)17-18-26-13-10-14-27(21-26)23-31(42)36-33-40-39-32(43-33)16-9-8-15-28-19-20-29(38-37-28)35-30(41)22-25-11-6-5-7-12-25/h5-7,10-14,19-21,24H,8-9,15-18,22-23H2,1-4H3,(H,35,38,41)(H,36,40,42). The van der Waals surface area contributed by atoms with E-state index < -0.39 is 0 Å². The molecule has 1 atom stereocenters. The molecule has 2 aromatic heterocycles. The molecule has 4 rings (SSSR count). The number of hydrogen-bond acceptors (Lipinski definition) is 7. The first kappa shape index (κ1) is 31.9. The molecule has 2 amide bonds. The Balaban J connectivity index is 1.14. The monoisotopic (exact) mass is 598 g/mol. The van der Waals surface area contributed by atoms with Crippen molar-refractivity contribution in [2.75, 3.05) is 10.6 Å². The molecule has 4 aromatic rings. The fraction of sp³-hybridized carbons (Fsp3) is 0.412. The van der Waals surface area contributed by atoms with Crippen LogP contribution in [0.5, 0.6) is 0 Å². The van der Waals surface area contributed by atoms with Crippen LogP contribution in [0, 0.1) is 11.3 Å². The minimum Gasteiger partial charge on any atom is -0.309 e. The zero-order valence-corrected chi connectivity index (χ0v) is 26.4. The maximum Gasteiger partial charge on any atom is 0.230 e. The van der Waals surface area contributed by atoms with Crippen LogP contribution >= 0.6 is 11.3 Å². The molecular weight excluding hydrogens is 556 g/mol. The van der Waals surface area contributed by atoms with Crippen molar-refractivity contribution >= 4 is 34.1 Å². The lowest BCUT2D eigenvalue weighted by Gasteiger charge is -2.27. The van der Waals surface area contributed by atoms with Crippen molar-refractivity contribution in [1.29, 1.82) is 0 Å². The lowest BCUT2D eigenvalue weighted by molar-refractivity contribution is -0.116. The molecule has 0 radical (unpaired) electrons. The summed E-state index contributed by atoms with van der Waals surface area (Å²) in [5.74, 6) is 0.872. The number of carbonyl (C=O) groups excluding carboxylic acids is 2. The number of amides is 2. The van der Waals surface area contributed by atoms with Crippen LogP contribution in [-0.2, 0) is 41.7 Å². The zero-order valence-electron chi connectivity index (χ0n) is 25.6. The summed E-state index contributed by atoms with van der Waals surface area (Å²) in [5, 5.41) is 23.9. The Kier molecular flexibility index (Phi) is 11.5. The molecule has 2 N–H and O–H groups in total. The first-order valence-electron chi connectivity index (χ1n) is 15.0. The van der Waals surface area contributed by atoms with Crippen molar-refractivity contribution in [3.63, 3.8) is 0 Å². The number of hydrogen-bond donors (Lipinski definition) is 2. The minimum absolute atomic E-state index is 0.0822. The number of nitrogens with zero attached hydrogens (tertiary/aromatic N) is 4. The zero-order chi connectivity index (χ0) is 30.7. The van der Waals surface area contributed by atoms with Crippen molar-refractivity contribution in [2.24, 2.45) is 11.3 Å². The van der Waals surface area contributed by atoms with Crippen LogP contribution in [0.15, 0.2) is 66.7 Å². The average Bonchev–Trinajstić information content (AvgIpc) is 3.41. The molecule has 43 heavy (non-hydrogen) atoms. The normalized spacial score (nSPS) is 12.1. The quantitative estimate of drug-likeness (QED) is 0.153. The summed E-state index contributed by atoms with van der Waals surface area (Å²) in [5.41, 5.74) is 4.40. The lowest BCUT2D eigenvalue weighted by Crippen LogP contribution is -2.18. The van der Waals surface area contributed by atoms with Gasteiger partial charge in [0.25, 0.3) is 0 Å². The third kappa shape index (κ3) is 11.0. The van der Waals surface area contributed by atoms with Gasteiger partial charge in [0.15, 0.2) is 5.82 Å². The molecular formula is C34H42N6O2S. The molecule has 1 unspecified atom stereocenters. The van der Waals surface area contributed by atoms with Crippen LogP contribution in [0.25, 0.3) is 0 Å². The first-order chi connectivity index (χ1) is 20.6. The third-order valence-corrected chi connectivity index (χ3v) is 8.58. The maximum absolute atomic E-state index is 12.7. The van der Waals surface area contributed by atoms with E-state index in [1.165, 1.54) is 16.9 Å². The molecule has 226 valence electrons. The second-order valence-electron chi connectivity index (χ2n) is 12.2. The number of nitrogens with one attached hydrogen (secondary N) is 2. The second-order valence-corrected chi connectivity index (χ2v) is 13.2. The number of carbonyl (C=O) groups is 2. The number of rotatable bonds is 14. The van der Waals surface area contributed by atoms with Gasteiger partial charge in [-0.2, -0.15) is 5.10 Å². The van der Waals surface area contributed by atoms with E-state index in [0.29, 0.717) is 35.1 Å². The Morgan fingerprint density at radius 2 is 1.44 bits per heavy atom. The highest BCUT2D eigenvalue weighted by atomic mass is 32.1. The van der Waals surface area contributed by atoms with Crippen LogP contribution in [0.4, 0.5) is 10.9 Å². The van der Waals surface area contributed by atoms with Crippen LogP contribution in [-0.4, -0.2) is 32.2 Å². The van der Waals surface area contributed by atoms with Gasteiger partial charge in [0.1, 0.15) is 5.01 Å². The van der Waals surface area contributed by atoms with Crippen molar-refractivity contribution < 1.29 is 9.59 Å². The molecule has 9 heteroatoms. The molecule has 0 fully saturated rings. The number of aryl methyl sites for hydroxylation is 3. The van der Waals surface area contributed by atoms with E-state index in [1.54, 1.807) is 6.07 Å². The van der Waals surface area contributed by atoms with Crippen LogP contribution in [0.3, 0.4) is 0 Å². The topological polar surface area (TPSA) is 110 Å². The van der Waals surface area contributed by atoms with Gasteiger partial charge in [-0.25, -0.2) is 0 Å². The number of unbranched alkanes of at least 4 members (excludes halogenated alkanes) is 1. The lowest BCUT2D eigenvalue weighted by atomic mass is 9.79. The van der Waals surface area contributed by atoms with Gasteiger partial charge >= 0.3 is 0 Å². The molecule has 0 aliphatic carbocycles. The highest BCUT2D eigenvalue weighted by Gasteiger charge is 2.19. The van der Waals surface area contributed by atoms with Gasteiger partial charge in [-0.15, -0.1) is 15.3 Å². The van der Waals surface area contributed by atoms with Crippen LogP contribution in [0.2, 0.25) is 0 Å². The predicted molar refractivity (Wildman–Crippen MR) is 173 cm³/mol. The van der Waals surface area contributed by atoms with Gasteiger partial charge in [0, 0.05) is 6.42 Å². The Bertz CT molecular complexity index is 1460. The molecule has 8 nitrogen and oxygen atoms in total. The van der Waals surface area contributed by atoms with E-state index in [-0.39, 0.29) is 11.8 Å². The molecule has 0 spiro atoms. The van der Waals surface area contributed by atoms with E-state index in [2.05, 4.69) is 70.9 Å². The second kappa shape index (κ2) is 15.5. The van der Waals surface area contributed by atoms with Crippen LogP contribution in [0.1, 0.15) is 74.3 Å². The average molecular weight is 599 g/mol. The minimum atomic E-state index is -0.119. The van der Waals surface area contributed by atoms with Gasteiger partial charge in [0.2, 0.25) is 16.9 Å². The molecule has 0 bridgehead atoms. The van der Waals surface area contributed by atoms with Gasteiger partial charge < -0.3 is 10.6 Å². The first-order valence-corrected chi connectivity index (χ1v) is 15.8. The summed E-state index contributed by atoms with van der Waals surface area (Å²) in [4.78, 5) is 24.9. The van der Waals surface area contributed by atoms with Gasteiger partial charge in [-0.1, -0.05) is 93.6 Å². The summed E-state index contributed by atoms with van der Waals surface area (Å²) >= 11 is 1.42. The Hall–Kier alpha value is -3.98. The number of anilines is 2. The van der Waals surface area contributed by atoms with E-state index in [4.69, 9.17) is 0 Å². The largest absolute Gasteiger partial charge is 0.309 e. The summed E-state index contributed by atoms with van der Waals surface area (Å²) in [6.45, 7) is 9.15. The van der Waals surface area contributed by atoms with Gasteiger partial charge in [-0.05, 0) is 72.3 Å². The Labute approximate surface area is 258 Å². The van der Waals surface area contributed by atoms with Crippen molar-refractivity contribution in [1.82, 2.24) is 20.4 Å². The van der Waals surface area contributed by atoms with Crippen molar-refractivity contribution in [3.05, 3.63) is 94.1 Å². The molecule has 0 saturated heterocycles. The van der Waals surface area contributed by atoms with Gasteiger partial charge in [0.05, 0.1) is 18.5 Å². The summed E-state index contributed by atoms with van der Waals surface area (Å²) in [6.07, 6.45) is 6.15. The number of aromatic nitrogens is 4. The number of benzene rings is 2. The Morgan fingerprint density at radius 3 is 2.19 bits per heavy atom. The van der Waals surface area contributed by atoms with E-state index in [9.17, 15) is 9.59 Å². The van der Waals surface area contributed by atoms with E-state index in [0.717, 1.165) is 60.4 Å². The molecule has 0 saturated carbocycles. The Morgan fingerprint density at radius 1 is 0.744 bits per heavy atom. The van der Waals surface area contributed by atoms with Gasteiger partial charge in [-0.3, -0.25) is 9.59 Å². The maximum atomic E-state index is 12.7. The summed E-state index contributed by atoms with van der Waals surface area (Å²) in [7, 11) is 0. The SMILES string of the molecule is CC(CCc1cccc(CC(=O)Nc2nnc(CCCCc3ccc(NC(=O)Cc4ccccc4)nn3)s2)c1)C(C)(C)C. The fourth-order valence-corrected chi connectivity index (χ4v) is 5.37. The molecule has 0 aliphatic heterocycles. The molecule has 0 aliphatic rings. The van der Waals surface area contributed by atoms with E-state index >= 15 is 0 Å². The summed E-state index contributed by atoms with van der Waals surface area (Å²) < 4.78 is 0. The van der Waals surface area contributed by atoms with Crippen molar-refractivity contribution in [3.8, 4) is 0 Å². The molecule has 2 aromatic carbocycles. The predicted octanol–water partition coefficient (Wildman–Crippen LogP) is 6.87. The molecule has 2 heterocycles. The highest BCUT2D eigenvalue weighted by Crippen LogP contribution is 2.29. The fourth-order valence-electron chi connectivity index (χ4n) is 4.58. The smallest absolute Gasteiger partial charge is 0.230 e. The van der Waals surface area contributed by atoms with Crippen molar-refractivity contribution in [2.45, 2.75) is 79.1 Å². The highest BCUT2D eigenvalue weighted by molar-refractivity contribution is 7.15. The third-order valence-electron chi connectivity index (χ3n) is 7.68.